The van der Waals surface area contributed by atoms with Crippen molar-refractivity contribution < 1.29 is 0 Å². The zero-order valence-electron chi connectivity index (χ0n) is 10.9. The first-order valence-electron chi connectivity index (χ1n) is 6.54. The molecule has 1 aromatic rings. The van der Waals surface area contributed by atoms with Crippen molar-refractivity contribution in [2.24, 2.45) is 5.73 Å². The van der Waals surface area contributed by atoms with Crippen molar-refractivity contribution in [2.45, 2.75) is 45.1 Å². The fourth-order valence-electron chi connectivity index (χ4n) is 2.45. The van der Waals surface area contributed by atoms with Gasteiger partial charge in [-0.1, -0.05) is 6.07 Å². The Morgan fingerprint density at radius 1 is 1.29 bits per heavy atom. The van der Waals surface area contributed by atoms with E-state index < -0.39 is 0 Å². The summed E-state index contributed by atoms with van der Waals surface area (Å²) in [5.74, 6) is 1.14. The average molecular weight is 233 g/mol. The maximum Gasteiger partial charge on any atom is 0.131 e. The molecule has 0 radical (unpaired) electrons. The number of aromatic nitrogens is 1. The van der Waals surface area contributed by atoms with Crippen molar-refractivity contribution in [2.75, 3.05) is 18.0 Å². The molecular weight excluding hydrogens is 210 g/mol. The Kier molecular flexibility index (Phi) is 3.67. The number of hydrogen-bond donors (Lipinski definition) is 1. The van der Waals surface area contributed by atoms with E-state index in [4.69, 9.17) is 5.73 Å². The summed E-state index contributed by atoms with van der Waals surface area (Å²) >= 11 is 0. The van der Waals surface area contributed by atoms with Gasteiger partial charge in [0.25, 0.3) is 0 Å². The van der Waals surface area contributed by atoms with Crippen LogP contribution < -0.4 is 10.6 Å². The molecule has 2 heterocycles. The van der Waals surface area contributed by atoms with Crippen LogP contribution in [0.25, 0.3) is 0 Å². The fraction of sp³-hybridized carbons (Fsp3) is 0.643. The van der Waals surface area contributed by atoms with Crippen LogP contribution in [0, 0.1) is 0 Å². The molecule has 0 aromatic carbocycles. The average Bonchev–Trinajstić information content (AvgIpc) is 2.29. The summed E-state index contributed by atoms with van der Waals surface area (Å²) in [5, 5.41) is 0. The smallest absolute Gasteiger partial charge is 0.131 e. The van der Waals surface area contributed by atoms with Gasteiger partial charge in [-0.15, -0.1) is 0 Å². The molecule has 1 saturated heterocycles. The number of nitrogens with zero attached hydrogens (tertiary/aromatic N) is 2. The van der Waals surface area contributed by atoms with Crippen molar-refractivity contribution in [3.63, 3.8) is 0 Å². The van der Waals surface area contributed by atoms with Crippen LogP contribution in [-0.4, -0.2) is 23.6 Å². The minimum absolute atomic E-state index is 0.173. The molecule has 1 aromatic heterocycles. The van der Waals surface area contributed by atoms with Gasteiger partial charge < -0.3 is 10.6 Å². The Bertz CT molecular complexity index is 362. The Labute approximate surface area is 104 Å². The van der Waals surface area contributed by atoms with Gasteiger partial charge in [-0.05, 0) is 51.2 Å². The molecular formula is C14H23N3. The molecule has 1 aliphatic heterocycles. The molecule has 0 aliphatic carbocycles. The Morgan fingerprint density at radius 2 is 2.00 bits per heavy atom. The van der Waals surface area contributed by atoms with Gasteiger partial charge in [0, 0.05) is 24.8 Å². The van der Waals surface area contributed by atoms with E-state index in [-0.39, 0.29) is 5.54 Å². The molecule has 94 valence electrons. The van der Waals surface area contributed by atoms with Gasteiger partial charge in [0.1, 0.15) is 5.82 Å². The van der Waals surface area contributed by atoms with Gasteiger partial charge >= 0.3 is 0 Å². The van der Waals surface area contributed by atoms with E-state index in [9.17, 15) is 0 Å². The van der Waals surface area contributed by atoms with Crippen LogP contribution >= 0.6 is 0 Å². The first-order valence-corrected chi connectivity index (χ1v) is 6.54. The van der Waals surface area contributed by atoms with Gasteiger partial charge in [-0.2, -0.15) is 0 Å². The molecule has 1 aliphatic rings. The summed E-state index contributed by atoms with van der Waals surface area (Å²) in [7, 11) is 0. The molecule has 0 spiro atoms. The molecule has 3 heteroatoms. The van der Waals surface area contributed by atoms with E-state index in [1.165, 1.54) is 24.8 Å². The van der Waals surface area contributed by atoms with Crippen LogP contribution in [0.15, 0.2) is 18.3 Å². The van der Waals surface area contributed by atoms with E-state index in [0.29, 0.717) is 0 Å². The van der Waals surface area contributed by atoms with Gasteiger partial charge in [0.05, 0.1) is 0 Å². The molecule has 0 amide bonds. The summed E-state index contributed by atoms with van der Waals surface area (Å²) in [6.45, 7) is 6.41. The monoisotopic (exact) mass is 233 g/mol. The summed E-state index contributed by atoms with van der Waals surface area (Å²) in [6.07, 6.45) is 6.68. The molecule has 0 bridgehead atoms. The second kappa shape index (κ2) is 5.05. The lowest BCUT2D eigenvalue weighted by atomic mass is 9.96. The largest absolute Gasteiger partial charge is 0.356 e. The van der Waals surface area contributed by atoms with Crippen molar-refractivity contribution in [1.82, 2.24) is 4.98 Å². The number of pyridine rings is 1. The van der Waals surface area contributed by atoms with Crippen LogP contribution in [0.1, 0.15) is 38.7 Å². The Morgan fingerprint density at radius 3 is 2.65 bits per heavy atom. The lowest BCUT2D eigenvalue weighted by Crippen LogP contribution is -2.36. The highest BCUT2D eigenvalue weighted by atomic mass is 15.2. The van der Waals surface area contributed by atoms with E-state index >= 15 is 0 Å². The van der Waals surface area contributed by atoms with Crippen LogP contribution in [0.3, 0.4) is 0 Å². The molecule has 2 rings (SSSR count). The van der Waals surface area contributed by atoms with Crippen LogP contribution in [0.2, 0.25) is 0 Å². The predicted molar refractivity (Wildman–Crippen MR) is 72.3 cm³/mol. The number of rotatable bonds is 3. The summed E-state index contributed by atoms with van der Waals surface area (Å²) in [6, 6.07) is 4.17. The molecule has 1 fully saturated rings. The zero-order chi connectivity index (χ0) is 12.3. The normalized spacial score (nSPS) is 17.2. The van der Waals surface area contributed by atoms with E-state index in [1.807, 2.05) is 12.3 Å². The molecule has 0 saturated carbocycles. The highest BCUT2D eigenvalue weighted by molar-refractivity contribution is 5.47. The Hall–Kier alpha value is -1.09. The molecule has 0 atom stereocenters. The maximum absolute atomic E-state index is 6.12. The van der Waals surface area contributed by atoms with Crippen LogP contribution in [-0.2, 0) is 6.42 Å². The predicted octanol–water partition coefficient (Wildman–Crippen LogP) is 2.35. The fourth-order valence-corrected chi connectivity index (χ4v) is 2.45. The summed E-state index contributed by atoms with van der Waals surface area (Å²) in [4.78, 5) is 6.96. The second-order valence-electron chi connectivity index (χ2n) is 5.70. The third-order valence-corrected chi connectivity index (χ3v) is 3.17. The lowest BCUT2D eigenvalue weighted by Gasteiger charge is -2.30. The third kappa shape index (κ3) is 3.43. The van der Waals surface area contributed by atoms with Crippen molar-refractivity contribution >= 4 is 5.82 Å². The molecule has 0 unspecified atom stereocenters. The number of anilines is 1. The van der Waals surface area contributed by atoms with Gasteiger partial charge in [0.15, 0.2) is 0 Å². The first kappa shape index (κ1) is 12.4. The molecule has 17 heavy (non-hydrogen) atoms. The number of piperidine rings is 1. The second-order valence-corrected chi connectivity index (χ2v) is 5.70. The number of nitrogens with two attached hydrogens (primary N) is 1. The van der Waals surface area contributed by atoms with E-state index in [2.05, 4.69) is 29.8 Å². The van der Waals surface area contributed by atoms with Gasteiger partial charge in [-0.25, -0.2) is 4.98 Å². The van der Waals surface area contributed by atoms with Gasteiger partial charge in [0.2, 0.25) is 0 Å². The number of hydrogen-bond acceptors (Lipinski definition) is 3. The van der Waals surface area contributed by atoms with Crippen molar-refractivity contribution in [3.8, 4) is 0 Å². The maximum atomic E-state index is 6.12. The zero-order valence-corrected chi connectivity index (χ0v) is 10.9. The molecule has 2 N–H and O–H groups in total. The van der Waals surface area contributed by atoms with E-state index in [0.717, 1.165) is 25.3 Å². The SMILES string of the molecule is CC(C)(N)Cc1cccnc1N1CCCCC1. The highest BCUT2D eigenvalue weighted by Gasteiger charge is 2.19. The summed E-state index contributed by atoms with van der Waals surface area (Å²) in [5.41, 5.74) is 7.23. The van der Waals surface area contributed by atoms with Crippen molar-refractivity contribution in [1.29, 1.82) is 0 Å². The Balaban J connectivity index is 2.20. The topological polar surface area (TPSA) is 42.1 Å². The minimum atomic E-state index is -0.173. The quantitative estimate of drug-likeness (QED) is 0.871. The van der Waals surface area contributed by atoms with E-state index in [1.54, 1.807) is 0 Å². The van der Waals surface area contributed by atoms with Gasteiger partial charge in [-0.3, -0.25) is 0 Å². The standard InChI is InChI=1S/C14H23N3/c1-14(2,15)11-12-7-6-8-16-13(12)17-9-4-3-5-10-17/h6-8H,3-5,9-11,15H2,1-2H3. The lowest BCUT2D eigenvalue weighted by molar-refractivity contribution is 0.512. The third-order valence-electron chi connectivity index (χ3n) is 3.17. The van der Waals surface area contributed by atoms with Crippen molar-refractivity contribution in [3.05, 3.63) is 23.9 Å². The first-order chi connectivity index (χ1) is 8.06. The molecule has 3 nitrogen and oxygen atoms in total. The highest BCUT2D eigenvalue weighted by Crippen LogP contribution is 2.24. The summed E-state index contributed by atoms with van der Waals surface area (Å²) < 4.78 is 0. The minimum Gasteiger partial charge on any atom is -0.356 e. The van der Waals surface area contributed by atoms with Crippen LogP contribution in [0.4, 0.5) is 5.82 Å². The van der Waals surface area contributed by atoms with Crippen LogP contribution in [0.5, 0.6) is 0 Å².